The molecule has 6 heteroatoms. The topological polar surface area (TPSA) is 95.9 Å². The second-order valence-corrected chi connectivity index (χ2v) is 15.0. The molecule has 0 saturated carbocycles. The Kier molecular flexibility index (Phi) is 39.8. The summed E-state index contributed by atoms with van der Waals surface area (Å²) in [6, 6.07) is -0.650. The van der Waals surface area contributed by atoms with Gasteiger partial charge in [-0.3, -0.25) is 9.59 Å². The summed E-state index contributed by atoms with van der Waals surface area (Å²) < 4.78 is 5.41. The third-order valence-electron chi connectivity index (χ3n) is 9.97. The minimum Gasteiger partial charge on any atom is -0.466 e. The molecule has 0 heterocycles. The van der Waals surface area contributed by atoms with Gasteiger partial charge in [-0.05, 0) is 57.8 Å². The van der Waals surface area contributed by atoms with Crippen LogP contribution in [0.25, 0.3) is 0 Å². The van der Waals surface area contributed by atoms with Crippen molar-refractivity contribution in [2.24, 2.45) is 0 Å². The zero-order valence-corrected chi connectivity index (χ0v) is 33.8. The molecule has 0 fully saturated rings. The quantitative estimate of drug-likeness (QED) is 0.0333. The summed E-state index contributed by atoms with van der Waals surface area (Å²) in [7, 11) is 0. The lowest BCUT2D eigenvalue weighted by Crippen LogP contribution is -2.45. The Morgan fingerprint density at radius 1 is 0.529 bits per heavy atom. The van der Waals surface area contributed by atoms with Gasteiger partial charge in [-0.15, -0.1) is 0 Å². The first-order valence-electron chi connectivity index (χ1n) is 22.1. The molecule has 51 heavy (non-hydrogen) atoms. The van der Waals surface area contributed by atoms with Crippen molar-refractivity contribution in [2.45, 2.75) is 238 Å². The van der Waals surface area contributed by atoms with Crippen LogP contribution in [-0.4, -0.2) is 47.4 Å². The molecule has 0 saturated heterocycles. The van der Waals surface area contributed by atoms with Gasteiger partial charge in [0.1, 0.15) is 0 Å². The molecule has 0 radical (unpaired) electrons. The van der Waals surface area contributed by atoms with E-state index in [1.165, 1.54) is 122 Å². The summed E-state index contributed by atoms with van der Waals surface area (Å²) in [5, 5.41) is 22.9. The number of amides is 1. The largest absolute Gasteiger partial charge is 0.466 e. The fourth-order valence-electron chi connectivity index (χ4n) is 6.51. The van der Waals surface area contributed by atoms with Crippen molar-refractivity contribution in [2.75, 3.05) is 13.2 Å². The Hall–Kier alpha value is -1.66. The summed E-state index contributed by atoms with van der Waals surface area (Å²) in [6.45, 7) is 4.78. The van der Waals surface area contributed by atoms with E-state index in [0.717, 1.165) is 77.0 Å². The van der Waals surface area contributed by atoms with Crippen LogP contribution in [0.1, 0.15) is 226 Å². The van der Waals surface area contributed by atoms with Gasteiger partial charge in [0.2, 0.25) is 5.91 Å². The predicted octanol–water partition coefficient (Wildman–Crippen LogP) is 12.4. The predicted molar refractivity (Wildman–Crippen MR) is 218 cm³/mol. The van der Waals surface area contributed by atoms with E-state index in [1.54, 1.807) is 6.08 Å². The molecule has 0 aliphatic carbocycles. The number of rotatable bonds is 40. The Labute approximate surface area is 316 Å². The average molecular weight is 720 g/mol. The fourth-order valence-corrected chi connectivity index (χ4v) is 6.51. The van der Waals surface area contributed by atoms with Crippen LogP contribution in [0.4, 0.5) is 0 Å². The van der Waals surface area contributed by atoms with Gasteiger partial charge >= 0.3 is 5.97 Å². The first kappa shape index (κ1) is 49.3. The van der Waals surface area contributed by atoms with Gasteiger partial charge in [-0.2, -0.15) is 0 Å². The minimum atomic E-state index is -0.863. The summed E-state index contributed by atoms with van der Waals surface area (Å²) >= 11 is 0. The van der Waals surface area contributed by atoms with Crippen molar-refractivity contribution in [3.8, 4) is 0 Å². The number of nitrogens with one attached hydrogen (secondary N) is 1. The van der Waals surface area contributed by atoms with Gasteiger partial charge in [0.05, 0.1) is 25.4 Å². The number of aliphatic hydroxyl groups is 2. The number of esters is 1. The molecule has 300 valence electrons. The van der Waals surface area contributed by atoms with Crippen molar-refractivity contribution in [1.29, 1.82) is 0 Å². The molecule has 6 nitrogen and oxygen atoms in total. The lowest BCUT2D eigenvalue weighted by atomic mass is 10.0. The van der Waals surface area contributed by atoms with E-state index < -0.39 is 12.1 Å². The third-order valence-corrected chi connectivity index (χ3v) is 9.97. The highest BCUT2D eigenvalue weighted by atomic mass is 16.5. The summed E-state index contributed by atoms with van der Waals surface area (Å²) in [6.07, 6.45) is 45.9. The maximum absolute atomic E-state index is 12.4. The van der Waals surface area contributed by atoms with Gasteiger partial charge in [-0.1, -0.05) is 179 Å². The molecular formula is C45H85NO5. The normalized spacial score (nSPS) is 12.9. The van der Waals surface area contributed by atoms with Gasteiger partial charge < -0.3 is 20.3 Å². The van der Waals surface area contributed by atoms with Crippen LogP contribution in [-0.2, 0) is 14.3 Å². The molecule has 2 atom stereocenters. The number of allylic oxidation sites excluding steroid dienone is 3. The molecule has 3 N–H and O–H groups in total. The molecule has 0 aromatic carbocycles. The maximum atomic E-state index is 12.4. The number of hydrogen-bond acceptors (Lipinski definition) is 5. The lowest BCUT2D eigenvalue weighted by Gasteiger charge is -2.20. The van der Waals surface area contributed by atoms with E-state index >= 15 is 0 Å². The number of hydrogen-bond donors (Lipinski definition) is 3. The Balaban J connectivity index is 3.58. The minimum absolute atomic E-state index is 0.0388. The second kappa shape index (κ2) is 41.1. The van der Waals surface area contributed by atoms with Gasteiger partial charge in [0.25, 0.3) is 0 Å². The van der Waals surface area contributed by atoms with E-state index in [2.05, 4.69) is 31.3 Å². The molecule has 0 aliphatic heterocycles. The van der Waals surface area contributed by atoms with Crippen LogP contribution in [0.3, 0.4) is 0 Å². The summed E-state index contributed by atoms with van der Waals surface area (Å²) in [5.74, 6) is -0.144. The van der Waals surface area contributed by atoms with Crippen molar-refractivity contribution >= 4 is 11.9 Å². The van der Waals surface area contributed by atoms with Gasteiger partial charge in [0, 0.05) is 12.8 Å². The number of unbranched alkanes of at least 4 members (excludes halogenated alkanes) is 27. The molecule has 0 aromatic rings. The van der Waals surface area contributed by atoms with Crippen LogP contribution < -0.4 is 5.32 Å². The molecule has 1 amide bonds. The average Bonchev–Trinajstić information content (AvgIpc) is 3.13. The van der Waals surface area contributed by atoms with Gasteiger partial charge in [0.15, 0.2) is 0 Å². The van der Waals surface area contributed by atoms with Gasteiger partial charge in [-0.25, -0.2) is 0 Å². The van der Waals surface area contributed by atoms with E-state index in [0.29, 0.717) is 19.4 Å². The SMILES string of the molecule is CCCCCCCCCCCC/C=C/C(O)C(CO)NC(=O)CCCCCC/C=C\CCCCOC(=O)CCCCCCCCCCCCCC. The number of ether oxygens (including phenoxy) is 1. The standard InChI is InChI=1S/C45H85NO5/c1-3-5-7-9-11-13-15-17-21-25-29-33-37-43(48)42(41-47)46-44(49)38-34-30-26-22-19-20-24-28-32-36-40-51-45(50)39-35-31-27-23-18-16-14-12-10-8-6-4-2/h20,24,33,37,42-43,47-48H,3-19,21-23,25-32,34-36,38-41H2,1-2H3,(H,46,49)/b24-20-,37-33+. The second-order valence-electron chi connectivity index (χ2n) is 15.0. The van der Waals surface area contributed by atoms with Crippen LogP contribution in [0.2, 0.25) is 0 Å². The zero-order valence-electron chi connectivity index (χ0n) is 33.8. The molecule has 0 bridgehead atoms. The first-order valence-corrected chi connectivity index (χ1v) is 22.1. The molecule has 0 aliphatic rings. The van der Waals surface area contributed by atoms with E-state index in [9.17, 15) is 19.8 Å². The molecule has 0 rings (SSSR count). The highest BCUT2D eigenvalue weighted by Gasteiger charge is 2.18. The van der Waals surface area contributed by atoms with Crippen molar-refractivity contribution in [3.05, 3.63) is 24.3 Å². The van der Waals surface area contributed by atoms with Crippen LogP contribution in [0, 0.1) is 0 Å². The molecular weight excluding hydrogens is 634 g/mol. The summed E-state index contributed by atoms with van der Waals surface area (Å²) in [4.78, 5) is 24.3. The van der Waals surface area contributed by atoms with E-state index in [4.69, 9.17) is 4.74 Å². The Bertz CT molecular complexity index is 797. The monoisotopic (exact) mass is 720 g/mol. The third kappa shape index (κ3) is 37.9. The summed E-state index contributed by atoms with van der Waals surface area (Å²) in [5.41, 5.74) is 0. The first-order chi connectivity index (χ1) is 25.0. The number of carbonyl (C=O) groups excluding carboxylic acids is 2. The highest BCUT2D eigenvalue weighted by Crippen LogP contribution is 2.14. The molecule has 0 spiro atoms. The molecule has 2 unspecified atom stereocenters. The molecule has 0 aromatic heterocycles. The lowest BCUT2D eigenvalue weighted by molar-refractivity contribution is -0.143. The van der Waals surface area contributed by atoms with Crippen LogP contribution in [0.5, 0.6) is 0 Å². The van der Waals surface area contributed by atoms with Crippen molar-refractivity contribution in [1.82, 2.24) is 5.32 Å². The Morgan fingerprint density at radius 2 is 0.922 bits per heavy atom. The van der Waals surface area contributed by atoms with Crippen LogP contribution in [0.15, 0.2) is 24.3 Å². The smallest absolute Gasteiger partial charge is 0.305 e. The number of aliphatic hydroxyl groups excluding tert-OH is 2. The fraction of sp³-hybridized carbons (Fsp3) is 0.867. The van der Waals surface area contributed by atoms with E-state index in [-0.39, 0.29) is 18.5 Å². The van der Waals surface area contributed by atoms with Crippen molar-refractivity contribution < 1.29 is 24.5 Å². The highest BCUT2D eigenvalue weighted by molar-refractivity contribution is 5.76. The Morgan fingerprint density at radius 3 is 1.39 bits per heavy atom. The maximum Gasteiger partial charge on any atom is 0.305 e. The van der Waals surface area contributed by atoms with E-state index in [1.807, 2.05) is 6.08 Å². The van der Waals surface area contributed by atoms with Crippen molar-refractivity contribution in [3.63, 3.8) is 0 Å². The van der Waals surface area contributed by atoms with Crippen LogP contribution >= 0.6 is 0 Å². The number of carbonyl (C=O) groups is 2. The zero-order chi connectivity index (χ0) is 37.3.